The fourth-order valence-electron chi connectivity index (χ4n) is 4.07. The number of likely N-dealkylation sites (N-methyl/N-ethyl adjacent to an activating group) is 1. The summed E-state index contributed by atoms with van der Waals surface area (Å²) in [5.74, 6) is 1.25. The molecule has 1 aliphatic rings. The minimum Gasteiger partial charge on any atom is -0.368 e. The largest absolute Gasteiger partial charge is 0.368 e. The molecule has 5 rings (SSSR count). The van der Waals surface area contributed by atoms with Gasteiger partial charge in [-0.1, -0.05) is 6.08 Å². The highest BCUT2D eigenvalue weighted by Crippen LogP contribution is 2.28. The number of nitrogen functional groups attached to an aromatic ring is 1. The smallest absolute Gasteiger partial charge is 0.248 e. The molecule has 34 heavy (non-hydrogen) atoms. The molecule has 0 aromatic carbocycles. The van der Waals surface area contributed by atoms with Crippen molar-refractivity contribution in [2.75, 3.05) is 44.8 Å². The first-order valence-corrected chi connectivity index (χ1v) is 12.1. The molecule has 11 heteroatoms. The Morgan fingerprint density at radius 1 is 1.26 bits per heavy atom. The number of hydrogen-bond donors (Lipinski definition) is 2. The summed E-state index contributed by atoms with van der Waals surface area (Å²) in [5.41, 5.74) is 9.82. The van der Waals surface area contributed by atoms with E-state index in [0.29, 0.717) is 17.8 Å². The number of thiophene rings is 1. The summed E-state index contributed by atoms with van der Waals surface area (Å²) < 4.78 is 2.46. The maximum atomic E-state index is 6.14. The summed E-state index contributed by atoms with van der Waals surface area (Å²) in [6.07, 6.45) is 8.74. The maximum absolute atomic E-state index is 6.14. The first-order chi connectivity index (χ1) is 16.5. The Morgan fingerprint density at radius 2 is 2.15 bits per heavy atom. The van der Waals surface area contributed by atoms with Crippen molar-refractivity contribution in [3.63, 3.8) is 0 Å². The number of fused-ring (bicyclic) bond motifs is 1. The number of nitrogens with two attached hydrogens (primary N) is 1. The van der Waals surface area contributed by atoms with E-state index in [-0.39, 0.29) is 5.95 Å². The van der Waals surface area contributed by atoms with Crippen LogP contribution in [0, 0.1) is 6.92 Å². The molecule has 0 spiro atoms. The molecule has 0 radical (unpaired) electrons. The first kappa shape index (κ1) is 22.4. The van der Waals surface area contributed by atoms with E-state index in [1.165, 1.54) is 17.4 Å². The summed E-state index contributed by atoms with van der Waals surface area (Å²) in [5, 5.41) is 9.72. The van der Waals surface area contributed by atoms with Crippen LogP contribution >= 0.6 is 11.3 Å². The van der Waals surface area contributed by atoms with Gasteiger partial charge in [-0.3, -0.25) is 9.88 Å². The van der Waals surface area contributed by atoms with Gasteiger partial charge in [-0.25, -0.2) is 9.97 Å². The van der Waals surface area contributed by atoms with Gasteiger partial charge in [-0.15, -0.1) is 16.4 Å². The van der Waals surface area contributed by atoms with Gasteiger partial charge in [0.15, 0.2) is 5.82 Å². The zero-order valence-corrected chi connectivity index (χ0v) is 20.3. The number of pyridine rings is 1. The van der Waals surface area contributed by atoms with E-state index >= 15 is 0 Å². The van der Waals surface area contributed by atoms with Crippen LogP contribution in [0.15, 0.2) is 36.1 Å². The predicted molar refractivity (Wildman–Crippen MR) is 137 cm³/mol. The molecule has 0 aliphatic carbocycles. The maximum Gasteiger partial charge on any atom is 0.248 e. The third-order valence-corrected chi connectivity index (χ3v) is 7.10. The van der Waals surface area contributed by atoms with Crippen molar-refractivity contribution in [1.82, 2.24) is 39.5 Å². The van der Waals surface area contributed by atoms with Crippen molar-refractivity contribution in [3.8, 4) is 5.82 Å². The number of aryl methyl sites for hydroxylation is 1. The molecule has 1 fully saturated rings. The highest BCUT2D eigenvalue weighted by Gasteiger charge is 2.22. The molecular formula is C23H28N10S. The second-order valence-corrected chi connectivity index (χ2v) is 9.54. The van der Waals surface area contributed by atoms with Gasteiger partial charge in [0.2, 0.25) is 11.9 Å². The number of likely N-dealkylation sites (tertiary alicyclic amines) is 1. The van der Waals surface area contributed by atoms with Crippen LogP contribution in [0.4, 0.5) is 17.6 Å². The van der Waals surface area contributed by atoms with Crippen LogP contribution in [-0.4, -0.2) is 79.3 Å². The standard InChI is InChI=1S/C23H28N10S/c1-15-13-34-20-19(15)26-14-27-21(20)33-22(24)29-23(30-33)28-17-7-6-16(25-11-17)5-4-9-32-10-8-18(12-32)31(2)3/h4-7,11,13-14,18H,8-10,12H2,1-3H3,(H3,24,28,29,30). The number of hydrogen-bond acceptors (Lipinski definition) is 10. The normalized spacial score (nSPS) is 16.9. The minimum atomic E-state index is 0.250. The minimum absolute atomic E-state index is 0.250. The van der Waals surface area contributed by atoms with E-state index in [4.69, 9.17) is 5.73 Å². The lowest BCUT2D eigenvalue weighted by atomic mass is 10.2. The highest BCUT2D eigenvalue weighted by atomic mass is 32.1. The highest BCUT2D eigenvalue weighted by molar-refractivity contribution is 7.17. The van der Waals surface area contributed by atoms with Gasteiger partial charge in [0, 0.05) is 25.7 Å². The summed E-state index contributed by atoms with van der Waals surface area (Å²) in [6, 6.07) is 4.57. The second-order valence-electron chi connectivity index (χ2n) is 8.66. The third-order valence-electron chi connectivity index (χ3n) is 6.02. The van der Waals surface area contributed by atoms with Crippen molar-refractivity contribution in [2.24, 2.45) is 0 Å². The van der Waals surface area contributed by atoms with Crippen molar-refractivity contribution in [1.29, 1.82) is 0 Å². The number of nitrogens with one attached hydrogen (secondary N) is 1. The molecule has 1 saturated heterocycles. The Hall–Kier alpha value is -3.41. The van der Waals surface area contributed by atoms with Gasteiger partial charge in [0.25, 0.3) is 0 Å². The van der Waals surface area contributed by atoms with Gasteiger partial charge < -0.3 is 16.0 Å². The van der Waals surface area contributed by atoms with Crippen LogP contribution in [0.5, 0.6) is 0 Å². The van der Waals surface area contributed by atoms with Gasteiger partial charge in [-0.2, -0.15) is 9.67 Å². The number of rotatable bonds is 7. The summed E-state index contributed by atoms with van der Waals surface area (Å²) in [6.45, 7) is 5.21. The lowest BCUT2D eigenvalue weighted by Gasteiger charge is -2.19. The Labute approximate surface area is 202 Å². The molecule has 3 N–H and O–H groups in total. The molecule has 0 saturated carbocycles. The van der Waals surface area contributed by atoms with Gasteiger partial charge in [-0.05, 0) is 56.6 Å². The topological polar surface area (TPSA) is 114 Å². The molecular weight excluding hydrogens is 448 g/mol. The van der Waals surface area contributed by atoms with Crippen molar-refractivity contribution in [3.05, 3.63) is 47.4 Å². The van der Waals surface area contributed by atoms with Gasteiger partial charge >= 0.3 is 0 Å². The second kappa shape index (κ2) is 9.45. The Kier molecular flexibility index (Phi) is 6.22. The van der Waals surface area contributed by atoms with Crippen molar-refractivity contribution in [2.45, 2.75) is 19.4 Å². The zero-order chi connectivity index (χ0) is 23.7. The lowest BCUT2D eigenvalue weighted by Crippen LogP contribution is -2.31. The van der Waals surface area contributed by atoms with E-state index < -0.39 is 0 Å². The number of anilines is 3. The first-order valence-electron chi connectivity index (χ1n) is 11.2. The van der Waals surface area contributed by atoms with Crippen molar-refractivity contribution >= 4 is 45.2 Å². The van der Waals surface area contributed by atoms with Crippen LogP contribution in [0.25, 0.3) is 22.1 Å². The predicted octanol–water partition coefficient (Wildman–Crippen LogP) is 2.95. The molecule has 5 heterocycles. The van der Waals surface area contributed by atoms with E-state index in [0.717, 1.165) is 46.8 Å². The van der Waals surface area contributed by atoms with E-state index in [2.05, 4.69) is 66.4 Å². The SMILES string of the molecule is Cc1csc2c(-n3nc(Nc4ccc(C=CCN5CCC(N(C)C)C5)nc4)nc3N)ncnc12. The lowest BCUT2D eigenvalue weighted by molar-refractivity contribution is 0.280. The molecule has 4 aromatic rings. The Bertz CT molecular complexity index is 1310. The van der Waals surface area contributed by atoms with Gasteiger partial charge in [0.05, 0.1) is 27.8 Å². The number of aromatic nitrogens is 6. The monoisotopic (exact) mass is 476 g/mol. The average Bonchev–Trinajstić information content (AvgIpc) is 3.54. The molecule has 0 amide bonds. The van der Waals surface area contributed by atoms with Crippen LogP contribution in [0.3, 0.4) is 0 Å². The van der Waals surface area contributed by atoms with Crippen molar-refractivity contribution < 1.29 is 0 Å². The fourth-order valence-corrected chi connectivity index (χ4v) is 5.05. The summed E-state index contributed by atoms with van der Waals surface area (Å²) >= 11 is 1.56. The molecule has 1 atom stereocenters. The molecule has 0 bridgehead atoms. The third kappa shape index (κ3) is 4.63. The molecule has 1 unspecified atom stereocenters. The molecule has 10 nitrogen and oxygen atoms in total. The van der Waals surface area contributed by atoms with E-state index in [9.17, 15) is 0 Å². The Morgan fingerprint density at radius 3 is 2.91 bits per heavy atom. The quantitative estimate of drug-likeness (QED) is 0.415. The van der Waals surface area contributed by atoms with Crippen LogP contribution in [0.2, 0.25) is 0 Å². The van der Waals surface area contributed by atoms with E-state index in [1.54, 1.807) is 17.5 Å². The average molecular weight is 477 g/mol. The van der Waals surface area contributed by atoms with Crippen LogP contribution < -0.4 is 11.1 Å². The van der Waals surface area contributed by atoms with Gasteiger partial charge in [0.1, 0.15) is 6.33 Å². The van der Waals surface area contributed by atoms with Crippen LogP contribution in [-0.2, 0) is 0 Å². The van der Waals surface area contributed by atoms with E-state index in [1.807, 2.05) is 24.4 Å². The van der Waals surface area contributed by atoms with Crippen LogP contribution in [0.1, 0.15) is 17.7 Å². The molecule has 4 aromatic heterocycles. The Balaban J connectivity index is 1.23. The molecule has 1 aliphatic heterocycles. The molecule has 176 valence electrons. The summed E-state index contributed by atoms with van der Waals surface area (Å²) in [7, 11) is 4.30. The zero-order valence-electron chi connectivity index (χ0n) is 19.5. The fraction of sp³-hybridized carbons (Fsp3) is 0.348. The number of nitrogens with zero attached hydrogens (tertiary/aromatic N) is 8. The summed E-state index contributed by atoms with van der Waals surface area (Å²) in [4.78, 5) is 22.4.